The lowest BCUT2D eigenvalue weighted by molar-refractivity contribution is 0.104. The predicted molar refractivity (Wildman–Crippen MR) is 89.7 cm³/mol. The summed E-state index contributed by atoms with van der Waals surface area (Å²) in [5.41, 5.74) is 4.27. The Morgan fingerprint density at radius 2 is 1.57 bits per heavy atom. The summed E-state index contributed by atoms with van der Waals surface area (Å²) in [7, 11) is 0. The Kier molecular flexibility index (Phi) is 4.42. The van der Waals surface area contributed by atoms with Gasteiger partial charge >= 0.3 is 0 Å². The molecule has 0 saturated heterocycles. The van der Waals surface area contributed by atoms with Crippen molar-refractivity contribution in [3.05, 3.63) is 76.9 Å². The lowest BCUT2D eigenvalue weighted by Crippen LogP contribution is -2.10. The summed E-state index contributed by atoms with van der Waals surface area (Å²) in [6.07, 6.45) is 3.52. The van der Waals surface area contributed by atoms with Crippen LogP contribution in [0.25, 0.3) is 6.08 Å². The molecule has 0 bridgehead atoms. The number of hydrogen-bond acceptors (Lipinski definition) is 1. The van der Waals surface area contributed by atoms with Crippen LogP contribution in [0.4, 0.5) is 0 Å². The van der Waals surface area contributed by atoms with Gasteiger partial charge in [-0.15, -0.1) is 0 Å². The van der Waals surface area contributed by atoms with Gasteiger partial charge in [-0.05, 0) is 35.1 Å². The van der Waals surface area contributed by atoms with Crippen LogP contribution in [0.5, 0.6) is 0 Å². The van der Waals surface area contributed by atoms with Crippen molar-refractivity contribution in [1.29, 1.82) is 0 Å². The van der Waals surface area contributed by atoms with Crippen molar-refractivity contribution in [3.8, 4) is 0 Å². The topological polar surface area (TPSA) is 17.1 Å². The molecular formula is C20H22O. The monoisotopic (exact) mass is 278 g/mol. The fourth-order valence-corrected chi connectivity index (χ4v) is 2.21. The van der Waals surface area contributed by atoms with Gasteiger partial charge in [-0.3, -0.25) is 4.79 Å². The van der Waals surface area contributed by atoms with Crippen LogP contribution in [-0.4, -0.2) is 5.78 Å². The zero-order chi connectivity index (χ0) is 15.5. The molecule has 0 aliphatic carbocycles. The highest BCUT2D eigenvalue weighted by Crippen LogP contribution is 2.22. The van der Waals surface area contributed by atoms with Crippen LogP contribution in [0.2, 0.25) is 0 Å². The van der Waals surface area contributed by atoms with Gasteiger partial charge in [0, 0.05) is 5.56 Å². The van der Waals surface area contributed by atoms with E-state index >= 15 is 0 Å². The minimum absolute atomic E-state index is 0.0491. The predicted octanol–water partition coefficient (Wildman–Crippen LogP) is 5.19. The smallest absolute Gasteiger partial charge is 0.186 e. The molecule has 0 aliphatic heterocycles. The SMILES string of the molecule is Cc1ccccc1C(=O)C=Cc1ccc(C(C)(C)C)cc1. The Morgan fingerprint density at radius 3 is 2.14 bits per heavy atom. The third-order valence-corrected chi connectivity index (χ3v) is 3.61. The standard InChI is InChI=1S/C20H22O/c1-15-7-5-6-8-18(15)19(21)14-11-16-9-12-17(13-10-16)20(2,3)4/h5-14H,1-4H3. The summed E-state index contributed by atoms with van der Waals surface area (Å²) < 4.78 is 0. The largest absolute Gasteiger partial charge is 0.289 e. The highest BCUT2D eigenvalue weighted by molar-refractivity contribution is 6.07. The van der Waals surface area contributed by atoms with Crippen molar-refractivity contribution in [1.82, 2.24) is 0 Å². The van der Waals surface area contributed by atoms with E-state index in [0.29, 0.717) is 0 Å². The minimum Gasteiger partial charge on any atom is -0.289 e. The van der Waals surface area contributed by atoms with E-state index in [0.717, 1.165) is 16.7 Å². The molecule has 0 radical (unpaired) electrons. The quantitative estimate of drug-likeness (QED) is 0.558. The second-order valence-corrected chi connectivity index (χ2v) is 6.38. The first-order valence-electron chi connectivity index (χ1n) is 7.26. The number of allylic oxidation sites excluding steroid dienone is 1. The molecule has 0 aliphatic rings. The van der Waals surface area contributed by atoms with Crippen LogP contribution in [-0.2, 0) is 5.41 Å². The first kappa shape index (κ1) is 15.2. The van der Waals surface area contributed by atoms with Crippen LogP contribution in [0.3, 0.4) is 0 Å². The van der Waals surface area contributed by atoms with E-state index in [-0.39, 0.29) is 11.2 Å². The van der Waals surface area contributed by atoms with Gasteiger partial charge in [-0.2, -0.15) is 0 Å². The van der Waals surface area contributed by atoms with Crippen molar-refractivity contribution in [2.75, 3.05) is 0 Å². The van der Waals surface area contributed by atoms with E-state index in [1.165, 1.54) is 5.56 Å². The molecule has 1 heteroatoms. The molecule has 0 saturated carbocycles. The summed E-state index contributed by atoms with van der Waals surface area (Å²) in [6.45, 7) is 8.54. The zero-order valence-corrected chi connectivity index (χ0v) is 13.2. The molecule has 108 valence electrons. The van der Waals surface area contributed by atoms with Crippen LogP contribution >= 0.6 is 0 Å². The van der Waals surface area contributed by atoms with Gasteiger partial charge in [-0.25, -0.2) is 0 Å². The summed E-state index contributed by atoms with van der Waals surface area (Å²) in [6, 6.07) is 16.0. The average Bonchev–Trinajstić information content (AvgIpc) is 2.45. The number of carbonyl (C=O) groups excluding carboxylic acids is 1. The Morgan fingerprint density at radius 1 is 0.952 bits per heavy atom. The van der Waals surface area contributed by atoms with Crippen LogP contribution in [0, 0.1) is 6.92 Å². The molecule has 2 aromatic carbocycles. The third-order valence-electron chi connectivity index (χ3n) is 3.61. The molecule has 2 aromatic rings. The number of aryl methyl sites for hydroxylation is 1. The molecule has 0 aromatic heterocycles. The molecule has 1 nitrogen and oxygen atoms in total. The van der Waals surface area contributed by atoms with Crippen molar-refractivity contribution in [2.24, 2.45) is 0 Å². The molecule has 2 rings (SSSR count). The molecule has 0 fully saturated rings. The second kappa shape index (κ2) is 6.09. The van der Waals surface area contributed by atoms with Crippen molar-refractivity contribution < 1.29 is 4.79 Å². The number of ketones is 1. The number of hydrogen-bond donors (Lipinski definition) is 0. The fourth-order valence-electron chi connectivity index (χ4n) is 2.21. The molecule has 0 atom stereocenters. The first-order valence-corrected chi connectivity index (χ1v) is 7.26. The molecule has 0 unspecified atom stereocenters. The molecule has 21 heavy (non-hydrogen) atoms. The lowest BCUT2D eigenvalue weighted by Gasteiger charge is -2.18. The van der Waals surface area contributed by atoms with Gasteiger partial charge in [0.15, 0.2) is 5.78 Å². The van der Waals surface area contributed by atoms with Crippen LogP contribution < -0.4 is 0 Å². The third kappa shape index (κ3) is 3.91. The van der Waals surface area contributed by atoms with Crippen molar-refractivity contribution in [2.45, 2.75) is 33.1 Å². The maximum absolute atomic E-state index is 12.2. The Labute approximate surface area is 127 Å². The van der Waals surface area contributed by atoms with Crippen molar-refractivity contribution in [3.63, 3.8) is 0 Å². The van der Waals surface area contributed by atoms with E-state index < -0.39 is 0 Å². The molecule has 0 spiro atoms. The van der Waals surface area contributed by atoms with Gasteiger partial charge in [0.2, 0.25) is 0 Å². The van der Waals surface area contributed by atoms with Gasteiger partial charge in [0.1, 0.15) is 0 Å². The van der Waals surface area contributed by atoms with Gasteiger partial charge in [-0.1, -0.05) is 75.4 Å². The lowest BCUT2D eigenvalue weighted by atomic mass is 9.87. The van der Waals surface area contributed by atoms with Crippen LogP contribution in [0.1, 0.15) is 47.8 Å². The number of carbonyl (C=O) groups is 1. The Balaban J connectivity index is 2.15. The van der Waals surface area contributed by atoms with E-state index in [9.17, 15) is 4.79 Å². The van der Waals surface area contributed by atoms with Gasteiger partial charge in [0.25, 0.3) is 0 Å². The average molecular weight is 278 g/mol. The summed E-state index contributed by atoms with van der Waals surface area (Å²) in [5, 5.41) is 0. The van der Waals surface area contributed by atoms with E-state index in [1.807, 2.05) is 37.3 Å². The molecular weight excluding hydrogens is 256 g/mol. The number of benzene rings is 2. The summed E-state index contributed by atoms with van der Waals surface area (Å²) in [4.78, 5) is 12.2. The van der Waals surface area contributed by atoms with E-state index in [2.05, 4.69) is 45.0 Å². The highest BCUT2D eigenvalue weighted by Gasteiger charge is 2.12. The zero-order valence-electron chi connectivity index (χ0n) is 13.2. The highest BCUT2D eigenvalue weighted by atomic mass is 16.1. The maximum atomic E-state index is 12.2. The van der Waals surface area contributed by atoms with Gasteiger partial charge in [0.05, 0.1) is 0 Å². The van der Waals surface area contributed by atoms with E-state index in [4.69, 9.17) is 0 Å². The Bertz CT molecular complexity index is 655. The molecule has 0 N–H and O–H groups in total. The first-order chi connectivity index (χ1) is 9.88. The second-order valence-electron chi connectivity index (χ2n) is 6.38. The molecule has 0 heterocycles. The van der Waals surface area contributed by atoms with Crippen molar-refractivity contribution >= 4 is 11.9 Å². The Hall–Kier alpha value is -2.15. The maximum Gasteiger partial charge on any atom is 0.186 e. The fraction of sp³-hybridized carbons (Fsp3) is 0.250. The summed E-state index contributed by atoms with van der Waals surface area (Å²) in [5.74, 6) is 0.0491. The minimum atomic E-state index is 0.0491. The molecule has 0 amide bonds. The summed E-state index contributed by atoms with van der Waals surface area (Å²) >= 11 is 0. The normalized spacial score (nSPS) is 11.8. The van der Waals surface area contributed by atoms with Crippen LogP contribution in [0.15, 0.2) is 54.6 Å². The number of rotatable bonds is 3. The van der Waals surface area contributed by atoms with Gasteiger partial charge < -0.3 is 0 Å². The van der Waals surface area contributed by atoms with E-state index in [1.54, 1.807) is 6.08 Å².